The lowest BCUT2D eigenvalue weighted by Gasteiger charge is -2.15. The van der Waals surface area contributed by atoms with E-state index in [1.807, 2.05) is 47.1 Å². The number of rotatable bonds is 4. The summed E-state index contributed by atoms with van der Waals surface area (Å²) in [6.45, 7) is 1.63. The number of hydrogen-bond donors (Lipinski definition) is 1. The van der Waals surface area contributed by atoms with Crippen LogP contribution in [0.25, 0.3) is 22.2 Å². The molecule has 0 saturated carbocycles. The molecule has 7 nitrogen and oxygen atoms in total. The summed E-state index contributed by atoms with van der Waals surface area (Å²) >= 11 is 1.53. The molecule has 1 aliphatic rings. The molecule has 1 aliphatic heterocycles. The first kappa shape index (κ1) is 16.2. The van der Waals surface area contributed by atoms with Gasteiger partial charge in [-0.1, -0.05) is 12.1 Å². The van der Waals surface area contributed by atoms with Crippen molar-refractivity contribution < 1.29 is 4.74 Å². The van der Waals surface area contributed by atoms with Gasteiger partial charge in [-0.2, -0.15) is 10.2 Å². The molecule has 0 bridgehead atoms. The average molecular weight is 378 g/mol. The standard InChI is InChI=1S/C19H18N6OS/c1-24-18-13(10-21-24)4-2-5-17(18)23-27-14-6-7-16(20-11-14)15-12-22-25-8-3-9-26-19(15)25/h2,4-7,10-12,23H,3,8-9H2,1H3. The fraction of sp³-hybridized carbons (Fsp3) is 0.211. The lowest BCUT2D eigenvalue weighted by Crippen LogP contribution is -2.14. The first-order chi connectivity index (χ1) is 13.3. The fourth-order valence-corrected chi connectivity index (χ4v) is 3.91. The van der Waals surface area contributed by atoms with E-state index in [0.717, 1.165) is 58.2 Å². The Labute approximate surface area is 160 Å². The third-order valence-electron chi connectivity index (χ3n) is 4.60. The topological polar surface area (TPSA) is 69.8 Å². The average Bonchev–Trinajstić information content (AvgIpc) is 3.31. The highest BCUT2D eigenvalue weighted by atomic mass is 32.2. The number of fused-ring (bicyclic) bond motifs is 2. The van der Waals surface area contributed by atoms with E-state index in [2.05, 4.69) is 38.1 Å². The Hall–Kier alpha value is -3.00. The quantitative estimate of drug-likeness (QED) is 0.546. The maximum Gasteiger partial charge on any atom is 0.221 e. The second-order valence-electron chi connectivity index (χ2n) is 6.38. The molecule has 5 rings (SSSR count). The number of anilines is 1. The molecular weight excluding hydrogens is 360 g/mol. The molecule has 0 spiro atoms. The van der Waals surface area contributed by atoms with Crippen molar-refractivity contribution in [3.05, 3.63) is 48.9 Å². The summed E-state index contributed by atoms with van der Waals surface area (Å²) in [7, 11) is 1.95. The van der Waals surface area contributed by atoms with Crippen molar-refractivity contribution in [2.45, 2.75) is 17.9 Å². The Balaban J connectivity index is 1.35. The number of ether oxygens (including phenoxy) is 1. The largest absolute Gasteiger partial charge is 0.477 e. The Bertz CT molecular complexity index is 1100. The van der Waals surface area contributed by atoms with Crippen LogP contribution in [0.15, 0.2) is 53.8 Å². The number of nitrogens with one attached hydrogen (secondary N) is 1. The molecule has 4 heterocycles. The summed E-state index contributed by atoms with van der Waals surface area (Å²) in [6.07, 6.45) is 6.56. The minimum absolute atomic E-state index is 0.732. The second-order valence-corrected chi connectivity index (χ2v) is 7.26. The Morgan fingerprint density at radius 2 is 2.07 bits per heavy atom. The molecule has 8 heteroatoms. The Morgan fingerprint density at radius 3 is 2.96 bits per heavy atom. The summed E-state index contributed by atoms with van der Waals surface area (Å²) in [5.41, 5.74) is 3.93. The fourth-order valence-electron chi connectivity index (χ4n) is 3.27. The van der Waals surface area contributed by atoms with Gasteiger partial charge in [-0.25, -0.2) is 4.68 Å². The Morgan fingerprint density at radius 1 is 1.11 bits per heavy atom. The van der Waals surface area contributed by atoms with Crippen molar-refractivity contribution in [1.29, 1.82) is 0 Å². The van der Waals surface area contributed by atoms with Gasteiger partial charge < -0.3 is 9.46 Å². The van der Waals surface area contributed by atoms with E-state index >= 15 is 0 Å². The van der Waals surface area contributed by atoms with Crippen molar-refractivity contribution in [3.63, 3.8) is 0 Å². The molecule has 4 aromatic rings. The van der Waals surface area contributed by atoms with Crippen LogP contribution < -0.4 is 9.46 Å². The summed E-state index contributed by atoms with van der Waals surface area (Å²) < 4.78 is 13.0. The number of para-hydroxylation sites is 1. The SMILES string of the molecule is Cn1ncc2cccc(NSc3ccc(-c4cnn5c4OCCC5)nc3)c21. The van der Waals surface area contributed by atoms with E-state index < -0.39 is 0 Å². The van der Waals surface area contributed by atoms with E-state index in [9.17, 15) is 0 Å². The van der Waals surface area contributed by atoms with Gasteiger partial charge in [0.2, 0.25) is 5.88 Å². The Kier molecular flexibility index (Phi) is 3.97. The molecule has 27 heavy (non-hydrogen) atoms. The van der Waals surface area contributed by atoms with Gasteiger partial charge in [0, 0.05) is 36.5 Å². The van der Waals surface area contributed by atoms with Gasteiger partial charge in [-0.15, -0.1) is 0 Å². The normalized spacial score (nSPS) is 13.4. The van der Waals surface area contributed by atoms with Crippen LogP contribution in [0.1, 0.15) is 6.42 Å². The van der Waals surface area contributed by atoms with Crippen LogP contribution in [0.5, 0.6) is 5.88 Å². The number of pyridine rings is 1. The van der Waals surface area contributed by atoms with Crippen LogP contribution in [-0.4, -0.2) is 31.2 Å². The molecule has 0 radical (unpaired) electrons. The van der Waals surface area contributed by atoms with Crippen LogP contribution in [0.3, 0.4) is 0 Å². The molecule has 0 aliphatic carbocycles. The molecule has 0 amide bonds. The van der Waals surface area contributed by atoms with Crippen LogP contribution >= 0.6 is 11.9 Å². The zero-order valence-electron chi connectivity index (χ0n) is 14.8. The number of aryl methyl sites for hydroxylation is 2. The highest BCUT2D eigenvalue weighted by Gasteiger charge is 2.18. The number of nitrogens with zero attached hydrogens (tertiary/aromatic N) is 5. The maximum absolute atomic E-state index is 5.76. The lowest BCUT2D eigenvalue weighted by molar-refractivity contribution is 0.231. The minimum atomic E-state index is 0.732. The first-order valence-electron chi connectivity index (χ1n) is 8.78. The van der Waals surface area contributed by atoms with Crippen molar-refractivity contribution in [3.8, 4) is 17.1 Å². The predicted molar refractivity (Wildman–Crippen MR) is 106 cm³/mol. The zero-order chi connectivity index (χ0) is 18.2. The molecule has 1 aromatic carbocycles. The molecule has 0 fully saturated rings. The molecule has 0 unspecified atom stereocenters. The van der Waals surface area contributed by atoms with Crippen molar-refractivity contribution in [1.82, 2.24) is 24.5 Å². The summed E-state index contributed by atoms with van der Waals surface area (Å²) in [5, 5.41) is 9.82. The number of hydrogen-bond acceptors (Lipinski definition) is 6. The van der Waals surface area contributed by atoms with Gasteiger partial charge in [-0.3, -0.25) is 9.67 Å². The minimum Gasteiger partial charge on any atom is -0.477 e. The highest BCUT2D eigenvalue weighted by Crippen LogP contribution is 2.32. The van der Waals surface area contributed by atoms with Crippen LogP contribution in [0, 0.1) is 0 Å². The molecular formula is C19H18N6OS. The van der Waals surface area contributed by atoms with E-state index in [0.29, 0.717) is 0 Å². The van der Waals surface area contributed by atoms with Crippen molar-refractivity contribution in [2.75, 3.05) is 11.3 Å². The van der Waals surface area contributed by atoms with Crippen molar-refractivity contribution in [2.24, 2.45) is 7.05 Å². The summed E-state index contributed by atoms with van der Waals surface area (Å²) in [5.74, 6) is 0.815. The third kappa shape index (κ3) is 2.91. The molecule has 0 saturated heterocycles. The predicted octanol–water partition coefficient (Wildman–Crippen LogP) is 3.73. The third-order valence-corrected chi connectivity index (χ3v) is 5.40. The second kappa shape index (κ2) is 6.62. The smallest absolute Gasteiger partial charge is 0.221 e. The molecule has 136 valence electrons. The number of benzene rings is 1. The van der Waals surface area contributed by atoms with E-state index in [1.54, 1.807) is 0 Å². The van der Waals surface area contributed by atoms with Crippen LogP contribution in [0.2, 0.25) is 0 Å². The van der Waals surface area contributed by atoms with E-state index in [-0.39, 0.29) is 0 Å². The first-order valence-corrected chi connectivity index (χ1v) is 9.60. The monoisotopic (exact) mass is 378 g/mol. The maximum atomic E-state index is 5.76. The number of aromatic nitrogens is 5. The van der Waals surface area contributed by atoms with Gasteiger partial charge in [-0.05, 0) is 30.1 Å². The van der Waals surface area contributed by atoms with Crippen LogP contribution in [0.4, 0.5) is 5.69 Å². The van der Waals surface area contributed by atoms with Gasteiger partial charge in [0.25, 0.3) is 0 Å². The van der Waals surface area contributed by atoms with Crippen LogP contribution in [-0.2, 0) is 13.6 Å². The highest BCUT2D eigenvalue weighted by molar-refractivity contribution is 8.00. The molecule has 0 atom stereocenters. The van der Waals surface area contributed by atoms with E-state index in [4.69, 9.17) is 4.74 Å². The van der Waals surface area contributed by atoms with Gasteiger partial charge in [0.15, 0.2) is 0 Å². The summed E-state index contributed by atoms with van der Waals surface area (Å²) in [6, 6.07) is 10.2. The zero-order valence-corrected chi connectivity index (χ0v) is 15.6. The van der Waals surface area contributed by atoms with Gasteiger partial charge in [0.05, 0.1) is 41.5 Å². The van der Waals surface area contributed by atoms with Gasteiger partial charge >= 0.3 is 0 Å². The summed E-state index contributed by atoms with van der Waals surface area (Å²) in [4.78, 5) is 5.63. The molecule has 3 aromatic heterocycles. The van der Waals surface area contributed by atoms with Crippen molar-refractivity contribution >= 4 is 28.5 Å². The van der Waals surface area contributed by atoms with E-state index in [1.165, 1.54) is 11.9 Å². The molecule has 1 N–H and O–H groups in total. The van der Waals surface area contributed by atoms with Gasteiger partial charge in [0.1, 0.15) is 0 Å². The lowest BCUT2D eigenvalue weighted by atomic mass is 10.2.